The lowest BCUT2D eigenvalue weighted by Crippen LogP contribution is -2.08. The molecule has 0 unspecified atom stereocenters. The van der Waals surface area contributed by atoms with E-state index in [1.807, 2.05) is 0 Å². The number of rotatable bonds is 1. The van der Waals surface area contributed by atoms with Crippen molar-refractivity contribution in [2.75, 3.05) is 0 Å². The predicted molar refractivity (Wildman–Crippen MR) is 48.6 cm³/mol. The van der Waals surface area contributed by atoms with Gasteiger partial charge in [-0.2, -0.15) is 13.2 Å². The molecule has 1 aromatic rings. The van der Waals surface area contributed by atoms with Crippen LogP contribution in [-0.4, -0.2) is 0 Å². The minimum Gasteiger partial charge on any atom is -0.206 e. The zero-order valence-electron chi connectivity index (χ0n) is 7.74. The Labute approximate surface area is 84.2 Å². The first kappa shape index (κ1) is 10.2. The zero-order chi connectivity index (χ0) is 11.1. The molecule has 0 atom stereocenters. The van der Waals surface area contributed by atoms with Crippen molar-refractivity contribution in [3.05, 3.63) is 40.7 Å². The summed E-state index contributed by atoms with van der Waals surface area (Å²) in [5, 5.41) is 0. The number of alkyl halides is 3. The Morgan fingerprint density at radius 2 is 1.80 bits per heavy atom. The highest BCUT2D eigenvalue weighted by atomic mass is 19.4. The van der Waals surface area contributed by atoms with Gasteiger partial charge in [-0.1, -0.05) is 23.8 Å². The maximum atomic E-state index is 13.4. The van der Waals surface area contributed by atoms with Gasteiger partial charge in [-0.3, -0.25) is 0 Å². The van der Waals surface area contributed by atoms with E-state index in [1.54, 1.807) is 0 Å². The molecule has 1 aromatic carbocycles. The standard InChI is InChI=1S/C11H8F4/c12-10-8(6-7-4-5-7)2-1-3-9(10)11(13,14)15/h1-3,6H,4-5H2. The minimum absolute atomic E-state index is 0.0253. The molecule has 0 spiro atoms. The van der Waals surface area contributed by atoms with E-state index in [-0.39, 0.29) is 5.56 Å². The monoisotopic (exact) mass is 216 g/mol. The van der Waals surface area contributed by atoms with Crippen LogP contribution in [0.3, 0.4) is 0 Å². The molecule has 0 saturated heterocycles. The Hall–Kier alpha value is -1.32. The lowest BCUT2D eigenvalue weighted by molar-refractivity contribution is -0.140. The number of hydrogen-bond acceptors (Lipinski definition) is 0. The van der Waals surface area contributed by atoms with Crippen molar-refractivity contribution in [1.29, 1.82) is 0 Å². The van der Waals surface area contributed by atoms with E-state index >= 15 is 0 Å². The predicted octanol–water partition coefficient (Wildman–Crippen LogP) is 4.02. The van der Waals surface area contributed by atoms with Crippen molar-refractivity contribution < 1.29 is 17.6 Å². The van der Waals surface area contributed by atoms with E-state index in [2.05, 4.69) is 0 Å². The molecule has 0 N–H and O–H groups in total. The molecule has 1 aliphatic rings. The lowest BCUT2D eigenvalue weighted by atomic mass is 10.1. The van der Waals surface area contributed by atoms with Gasteiger partial charge in [-0.15, -0.1) is 0 Å². The summed E-state index contributed by atoms with van der Waals surface area (Å²) in [4.78, 5) is 0. The molecule has 0 amide bonds. The minimum atomic E-state index is -4.62. The molecule has 2 rings (SSSR count). The molecule has 0 aliphatic heterocycles. The summed E-state index contributed by atoms with van der Waals surface area (Å²) in [7, 11) is 0. The first-order chi connectivity index (χ1) is 6.98. The van der Waals surface area contributed by atoms with Crippen molar-refractivity contribution in [2.45, 2.75) is 19.0 Å². The van der Waals surface area contributed by atoms with Gasteiger partial charge in [0.2, 0.25) is 0 Å². The smallest absolute Gasteiger partial charge is 0.206 e. The van der Waals surface area contributed by atoms with E-state index in [9.17, 15) is 17.6 Å². The number of benzene rings is 1. The van der Waals surface area contributed by atoms with Crippen LogP contribution in [0.5, 0.6) is 0 Å². The van der Waals surface area contributed by atoms with Gasteiger partial charge in [0.15, 0.2) is 0 Å². The van der Waals surface area contributed by atoms with E-state index in [1.165, 1.54) is 18.2 Å². The van der Waals surface area contributed by atoms with Crippen LogP contribution in [0, 0.1) is 5.82 Å². The Morgan fingerprint density at radius 1 is 1.13 bits per heavy atom. The van der Waals surface area contributed by atoms with Crippen molar-refractivity contribution in [3.63, 3.8) is 0 Å². The second kappa shape index (κ2) is 3.36. The third kappa shape index (κ3) is 2.19. The van der Waals surface area contributed by atoms with Gasteiger partial charge < -0.3 is 0 Å². The molecule has 0 nitrogen and oxygen atoms in total. The fourth-order valence-corrected chi connectivity index (χ4v) is 1.32. The highest BCUT2D eigenvalue weighted by molar-refractivity contribution is 5.58. The van der Waals surface area contributed by atoms with Crippen LogP contribution in [0.15, 0.2) is 23.8 Å². The van der Waals surface area contributed by atoms with Crippen LogP contribution in [0.4, 0.5) is 17.6 Å². The molecule has 1 aliphatic carbocycles. The summed E-state index contributed by atoms with van der Waals surface area (Å²) in [5.41, 5.74) is -0.178. The van der Waals surface area contributed by atoms with Crippen molar-refractivity contribution >= 4 is 6.08 Å². The third-order valence-electron chi connectivity index (χ3n) is 2.23. The molecule has 15 heavy (non-hydrogen) atoms. The maximum Gasteiger partial charge on any atom is 0.419 e. The van der Waals surface area contributed by atoms with Crippen molar-refractivity contribution in [1.82, 2.24) is 0 Å². The van der Waals surface area contributed by atoms with Gasteiger partial charge in [-0.25, -0.2) is 4.39 Å². The normalized spacial score (nSPS) is 15.3. The maximum absolute atomic E-state index is 13.4. The van der Waals surface area contributed by atoms with Crippen LogP contribution < -0.4 is 0 Å². The van der Waals surface area contributed by atoms with Crippen LogP contribution >= 0.6 is 0 Å². The summed E-state index contributed by atoms with van der Waals surface area (Å²) in [5.74, 6) is -1.18. The van der Waals surface area contributed by atoms with E-state index in [4.69, 9.17) is 0 Å². The molecule has 1 fully saturated rings. The van der Waals surface area contributed by atoms with Gasteiger partial charge in [0.25, 0.3) is 0 Å². The summed E-state index contributed by atoms with van der Waals surface area (Å²) >= 11 is 0. The van der Waals surface area contributed by atoms with Crippen molar-refractivity contribution in [3.8, 4) is 0 Å². The first-order valence-electron chi connectivity index (χ1n) is 4.53. The van der Waals surface area contributed by atoms with Gasteiger partial charge in [-0.05, 0) is 18.9 Å². The number of halogens is 4. The molecular weight excluding hydrogens is 208 g/mol. The zero-order valence-corrected chi connectivity index (χ0v) is 7.74. The second-order valence-electron chi connectivity index (χ2n) is 3.51. The molecule has 0 aromatic heterocycles. The Bertz CT molecular complexity index is 409. The average molecular weight is 216 g/mol. The third-order valence-corrected chi connectivity index (χ3v) is 2.23. The summed E-state index contributed by atoms with van der Waals surface area (Å²) in [6.45, 7) is 0. The molecule has 0 heterocycles. The Kier molecular flexibility index (Phi) is 2.29. The Balaban J connectivity index is 2.45. The van der Waals surface area contributed by atoms with Gasteiger partial charge in [0.1, 0.15) is 5.82 Å². The topological polar surface area (TPSA) is 0 Å². The molecule has 0 radical (unpaired) electrons. The average Bonchev–Trinajstić information content (AvgIpc) is 2.90. The van der Waals surface area contributed by atoms with Crippen LogP contribution in [0.25, 0.3) is 6.08 Å². The molecular formula is C11H8F4. The summed E-state index contributed by atoms with van der Waals surface area (Å²) < 4.78 is 50.4. The van der Waals surface area contributed by atoms with Crippen molar-refractivity contribution in [2.24, 2.45) is 0 Å². The van der Waals surface area contributed by atoms with Gasteiger partial charge in [0, 0.05) is 5.56 Å². The number of hydrogen-bond donors (Lipinski definition) is 0. The SMILES string of the molecule is Fc1c(C=C2CC2)cccc1C(F)(F)F. The Morgan fingerprint density at radius 3 is 2.33 bits per heavy atom. The summed E-state index contributed by atoms with van der Waals surface area (Å²) in [6, 6.07) is 3.33. The molecule has 0 bridgehead atoms. The van der Waals surface area contributed by atoms with Crippen LogP contribution in [0.1, 0.15) is 24.0 Å². The van der Waals surface area contributed by atoms with E-state index < -0.39 is 17.6 Å². The largest absolute Gasteiger partial charge is 0.419 e. The van der Waals surface area contributed by atoms with Gasteiger partial charge >= 0.3 is 6.18 Å². The highest BCUT2D eigenvalue weighted by Gasteiger charge is 2.34. The van der Waals surface area contributed by atoms with E-state index in [0.29, 0.717) is 0 Å². The first-order valence-corrected chi connectivity index (χ1v) is 4.53. The van der Waals surface area contributed by atoms with E-state index in [0.717, 1.165) is 24.5 Å². The second-order valence-corrected chi connectivity index (χ2v) is 3.51. The highest BCUT2D eigenvalue weighted by Crippen LogP contribution is 2.35. The quantitative estimate of drug-likeness (QED) is 0.622. The van der Waals surface area contributed by atoms with Gasteiger partial charge in [0.05, 0.1) is 5.56 Å². The van der Waals surface area contributed by atoms with Crippen LogP contribution in [0.2, 0.25) is 0 Å². The van der Waals surface area contributed by atoms with Crippen LogP contribution in [-0.2, 0) is 6.18 Å². The molecule has 1 saturated carbocycles. The fraction of sp³-hybridized carbons (Fsp3) is 0.273. The molecule has 4 heteroatoms. The molecule has 80 valence electrons. The summed E-state index contributed by atoms with van der Waals surface area (Å²) in [6.07, 6.45) is -1.42. The number of allylic oxidation sites excluding steroid dienone is 1. The fourth-order valence-electron chi connectivity index (χ4n) is 1.32. The lowest BCUT2D eigenvalue weighted by Gasteiger charge is -2.08.